The molecule has 0 radical (unpaired) electrons. The molecule has 0 aliphatic heterocycles. The zero-order chi connectivity index (χ0) is 25.0. The minimum atomic E-state index is -0.418. The number of aryl methyl sites for hydroxylation is 2. The summed E-state index contributed by atoms with van der Waals surface area (Å²) >= 11 is 5.79. The van der Waals surface area contributed by atoms with E-state index in [1.54, 1.807) is 18.3 Å². The molecule has 2 N–H and O–H groups in total. The van der Waals surface area contributed by atoms with Crippen LogP contribution in [0.1, 0.15) is 36.5 Å². The zero-order valence-corrected chi connectivity index (χ0v) is 25.4. The molecule has 2 aromatic rings. The molecule has 2 rings (SSSR count). The summed E-state index contributed by atoms with van der Waals surface area (Å²) in [6, 6.07) is 6.45. The first-order chi connectivity index (χ1) is 15.6. The van der Waals surface area contributed by atoms with Crippen LogP contribution in [0.2, 0.25) is 5.15 Å². The Morgan fingerprint density at radius 3 is 2.56 bits per heavy atom. The van der Waals surface area contributed by atoms with Crippen molar-refractivity contribution >= 4 is 23.0 Å². The van der Waals surface area contributed by atoms with Crippen LogP contribution in [0.3, 0.4) is 0 Å². The van der Waals surface area contributed by atoms with Gasteiger partial charge in [-0.05, 0) is 58.1 Å². The molecule has 1 aromatic carbocycles. The molecule has 184 valence electrons. The molecule has 0 saturated heterocycles. The number of aromatic nitrogens is 1. The van der Waals surface area contributed by atoms with E-state index in [0.717, 1.165) is 43.5 Å². The molecule has 0 aliphatic rings. The SMILES string of the molecule is CCCc1ccc([N+](=O)[O-])cc1OC.[CH-]=C(NCCCN(C)C)C(=N)c1cnc(Cl)cc1C.[U]. The van der Waals surface area contributed by atoms with Crippen molar-refractivity contribution in [2.75, 3.05) is 34.3 Å². The minimum absolute atomic E-state index is 0. The standard InChI is InChI=1S/C14H20ClN4.C10H13NO3.U/c1-10-8-13(15)18-9-12(10)14(16)11(2)17-6-5-7-19(3)4;1-3-4-8-5-6-9(11(12)13)7-10(8)14-2;/h2,8-9,16-17H,5-7H2,1,3-4H3;5-7H,3-4H2,1-2H3;/q-1;;. The van der Waals surface area contributed by atoms with Crippen LogP contribution >= 0.6 is 11.6 Å². The fraction of sp³-hybridized carbons (Fsp3) is 0.417. The number of allylic oxidation sites excluding steroid dienone is 1. The molecule has 0 saturated carbocycles. The van der Waals surface area contributed by atoms with Crippen LogP contribution in [0.5, 0.6) is 5.75 Å². The molecule has 0 spiro atoms. The third-order valence-electron chi connectivity index (χ3n) is 4.71. The number of rotatable bonds is 11. The Morgan fingerprint density at radius 2 is 2.03 bits per heavy atom. The largest absolute Gasteiger partial charge is 0.496 e. The summed E-state index contributed by atoms with van der Waals surface area (Å²) in [5, 5.41) is 22.0. The van der Waals surface area contributed by atoms with Crippen LogP contribution in [0.15, 0.2) is 36.2 Å². The van der Waals surface area contributed by atoms with E-state index in [0.29, 0.717) is 22.2 Å². The Labute approximate surface area is 231 Å². The average Bonchev–Trinajstić information content (AvgIpc) is 2.76. The number of nitrogens with zero attached hydrogens (tertiary/aromatic N) is 3. The van der Waals surface area contributed by atoms with Crippen molar-refractivity contribution in [2.24, 2.45) is 0 Å². The smallest absolute Gasteiger partial charge is 0.273 e. The average molecular weight is 713 g/mol. The molecule has 0 amide bonds. The summed E-state index contributed by atoms with van der Waals surface area (Å²) in [6.07, 6.45) is 4.42. The second-order valence-electron chi connectivity index (χ2n) is 7.70. The molecule has 0 unspecified atom stereocenters. The van der Waals surface area contributed by atoms with Gasteiger partial charge in [-0.3, -0.25) is 16.7 Å². The van der Waals surface area contributed by atoms with Gasteiger partial charge in [0.2, 0.25) is 0 Å². The van der Waals surface area contributed by atoms with E-state index in [-0.39, 0.29) is 42.5 Å². The van der Waals surface area contributed by atoms with Crippen LogP contribution in [-0.4, -0.2) is 54.8 Å². The van der Waals surface area contributed by atoms with Gasteiger partial charge >= 0.3 is 0 Å². The van der Waals surface area contributed by atoms with Crippen molar-refractivity contribution in [1.82, 2.24) is 15.2 Å². The Hall–Kier alpha value is -1.92. The molecule has 1 aromatic heterocycles. The summed E-state index contributed by atoms with van der Waals surface area (Å²) in [5.74, 6) is 0.598. The Bertz CT molecular complexity index is 970. The number of ether oxygens (including phenoxy) is 1. The Balaban J connectivity index is 0.000000649. The monoisotopic (exact) mass is 712 g/mol. The molecule has 8 nitrogen and oxygen atoms in total. The third-order valence-corrected chi connectivity index (χ3v) is 4.92. The number of non-ortho nitro benzene ring substituents is 1. The molecule has 34 heavy (non-hydrogen) atoms. The second-order valence-corrected chi connectivity index (χ2v) is 8.08. The summed E-state index contributed by atoms with van der Waals surface area (Å²) in [7, 11) is 5.58. The predicted octanol–water partition coefficient (Wildman–Crippen LogP) is 4.83. The van der Waals surface area contributed by atoms with Gasteiger partial charge in [0.05, 0.1) is 18.1 Å². The fourth-order valence-corrected chi connectivity index (χ4v) is 3.17. The molecule has 10 heteroatoms. The van der Waals surface area contributed by atoms with Crippen molar-refractivity contribution < 1.29 is 40.8 Å². The summed E-state index contributed by atoms with van der Waals surface area (Å²) in [5.41, 5.74) is 3.30. The maximum Gasteiger partial charge on any atom is 0.273 e. The van der Waals surface area contributed by atoms with Crippen molar-refractivity contribution in [3.05, 3.63) is 74.7 Å². The first-order valence-electron chi connectivity index (χ1n) is 10.6. The van der Waals surface area contributed by atoms with Gasteiger partial charge in [0.25, 0.3) is 5.69 Å². The van der Waals surface area contributed by atoms with Gasteiger partial charge in [0.15, 0.2) is 0 Å². The molecule has 1 heterocycles. The minimum Gasteiger partial charge on any atom is -0.496 e. The van der Waals surface area contributed by atoms with E-state index in [9.17, 15) is 10.1 Å². The van der Waals surface area contributed by atoms with E-state index < -0.39 is 4.92 Å². The number of hydrogen-bond acceptors (Lipinski definition) is 7. The van der Waals surface area contributed by atoms with E-state index in [2.05, 4.69) is 22.1 Å². The van der Waals surface area contributed by atoms with Crippen LogP contribution in [0, 0.1) is 60.1 Å². The van der Waals surface area contributed by atoms with Gasteiger partial charge in [-0.25, -0.2) is 4.98 Å². The number of methoxy groups -OCH3 is 1. The topological polar surface area (TPSA) is 104 Å². The summed E-state index contributed by atoms with van der Waals surface area (Å²) in [6.45, 7) is 11.5. The van der Waals surface area contributed by atoms with E-state index in [4.69, 9.17) is 28.3 Å². The number of benzene rings is 1. The van der Waals surface area contributed by atoms with Crippen molar-refractivity contribution in [3.8, 4) is 5.75 Å². The van der Waals surface area contributed by atoms with E-state index in [1.807, 2.05) is 21.0 Å². The molecule has 0 bridgehead atoms. The van der Waals surface area contributed by atoms with Gasteiger partial charge in [-0.2, -0.15) is 0 Å². The number of nitro groups is 1. The van der Waals surface area contributed by atoms with Crippen LogP contribution in [0.4, 0.5) is 5.69 Å². The number of nitro benzene ring substituents is 1. The molecular weight excluding hydrogens is 680 g/mol. The first kappa shape index (κ1) is 32.1. The van der Waals surface area contributed by atoms with Crippen molar-refractivity contribution in [1.29, 1.82) is 5.41 Å². The van der Waals surface area contributed by atoms with Gasteiger partial charge in [-0.15, -0.1) is 5.70 Å². The van der Waals surface area contributed by atoms with Crippen molar-refractivity contribution in [2.45, 2.75) is 33.1 Å². The molecule has 0 aliphatic carbocycles. The maximum absolute atomic E-state index is 10.5. The number of nitrogens with one attached hydrogen (secondary N) is 2. The van der Waals surface area contributed by atoms with Gasteiger partial charge < -0.3 is 20.4 Å². The van der Waals surface area contributed by atoms with Gasteiger partial charge in [0, 0.05) is 49.9 Å². The predicted molar refractivity (Wildman–Crippen MR) is 133 cm³/mol. The normalized spacial score (nSPS) is 9.97. The van der Waals surface area contributed by atoms with E-state index >= 15 is 0 Å². The number of hydrogen-bond donors (Lipinski definition) is 2. The first-order valence-corrected chi connectivity index (χ1v) is 11.0. The molecular formula is C24H33ClN5O3U-. The fourth-order valence-electron chi connectivity index (χ4n) is 2.96. The molecule has 0 fully saturated rings. The second kappa shape index (κ2) is 16.7. The summed E-state index contributed by atoms with van der Waals surface area (Å²) in [4.78, 5) is 16.2. The summed E-state index contributed by atoms with van der Waals surface area (Å²) < 4.78 is 5.08. The quantitative estimate of drug-likeness (QED) is 0.0865. The Morgan fingerprint density at radius 1 is 1.35 bits per heavy atom. The maximum atomic E-state index is 10.5. The number of pyridine rings is 1. The van der Waals surface area contributed by atoms with Crippen LogP contribution in [-0.2, 0) is 6.42 Å². The van der Waals surface area contributed by atoms with Crippen LogP contribution < -0.4 is 10.1 Å². The van der Waals surface area contributed by atoms with Gasteiger partial charge in [0.1, 0.15) is 10.9 Å². The number of halogens is 1. The molecule has 0 atom stereocenters. The van der Waals surface area contributed by atoms with Crippen molar-refractivity contribution in [3.63, 3.8) is 0 Å². The van der Waals surface area contributed by atoms with Crippen LogP contribution in [0.25, 0.3) is 0 Å². The Kier molecular flexibility index (Phi) is 15.7. The van der Waals surface area contributed by atoms with E-state index in [1.165, 1.54) is 19.2 Å². The third kappa shape index (κ3) is 11.0. The zero-order valence-electron chi connectivity index (χ0n) is 20.4. The van der Waals surface area contributed by atoms with Gasteiger partial charge in [-0.1, -0.05) is 41.8 Å².